The second-order valence-corrected chi connectivity index (χ2v) is 4.81. The third-order valence-electron chi connectivity index (χ3n) is 3.11. The molecule has 1 aromatic carbocycles. The first-order valence-electron chi connectivity index (χ1n) is 7.10. The summed E-state index contributed by atoms with van der Waals surface area (Å²) in [6, 6.07) is 9.76. The second-order valence-electron chi connectivity index (χ2n) is 4.81. The van der Waals surface area contributed by atoms with Crippen molar-refractivity contribution in [1.29, 1.82) is 0 Å². The summed E-state index contributed by atoms with van der Waals surface area (Å²) < 4.78 is 1.32. The molecule has 0 saturated heterocycles. The van der Waals surface area contributed by atoms with Crippen LogP contribution in [0.5, 0.6) is 0 Å². The summed E-state index contributed by atoms with van der Waals surface area (Å²) in [6.45, 7) is 2.53. The molecule has 22 heavy (non-hydrogen) atoms. The summed E-state index contributed by atoms with van der Waals surface area (Å²) in [7, 11) is 0. The molecule has 0 unspecified atom stereocenters. The number of carbonyl (C=O) groups excluding carboxylic acids is 1. The van der Waals surface area contributed by atoms with Gasteiger partial charge in [0, 0.05) is 23.9 Å². The van der Waals surface area contributed by atoms with Gasteiger partial charge in [-0.25, -0.2) is 4.68 Å². The minimum atomic E-state index is -0.376. The van der Waals surface area contributed by atoms with Crippen LogP contribution in [0, 0.1) is 12.3 Å². The Morgan fingerprint density at radius 1 is 1.36 bits per heavy atom. The number of aryl methyl sites for hydroxylation is 1. The van der Waals surface area contributed by atoms with Gasteiger partial charge in [0.15, 0.2) is 0 Å². The molecule has 1 N–H and O–H groups in total. The zero-order valence-electron chi connectivity index (χ0n) is 12.4. The minimum absolute atomic E-state index is 0.196. The van der Waals surface area contributed by atoms with Gasteiger partial charge in [0.2, 0.25) is 0 Å². The summed E-state index contributed by atoms with van der Waals surface area (Å²) in [5.74, 6) is 2.13. The fourth-order valence-electron chi connectivity index (χ4n) is 1.92. The Balaban J connectivity index is 2.18. The summed E-state index contributed by atoms with van der Waals surface area (Å²) in [6.07, 6.45) is 7.11. The number of nitrogens with one attached hydrogen (secondary N) is 1. The highest BCUT2D eigenvalue weighted by atomic mass is 16.2. The number of terminal acetylenes is 1. The van der Waals surface area contributed by atoms with Gasteiger partial charge in [-0.15, -0.1) is 6.42 Å². The maximum atomic E-state index is 12.2. The number of hydrogen-bond donors (Lipinski definition) is 1. The Morgan fingerprint density at radius 3 is 2.91 bits per heavy atom. The Morgan fingerprint density at radius 2 is 2.18 bits per heavy atom. The highest BCUT2D eigenvalue weighted by Crippen LogP contribution is 2.10. The number of aromatic nitrogens is 2. The second kappa shape index (κ2) is 7.23. The molecule has 0 radical (unpaired) electrons. The quantitative estimate of drug-likeness (QED) is 0.861. The van der Waals surface area contributed by atoms with E-state index in [-0.39, 0.29) is 17.2 Å². The SMILES string of the molecule is C#Cc1cccc(NC(=O)c2ccc(=O)n(CCCC)n2)c1. The van der Waals surface area contributed by atoms with Crippen molar-refractivity contribution in [3.63, 3.8) is 0 Å². The van der Waals surface area contributed by atoms with E-state index in [0.29, 0.717) is 17.8 Å². The molecule has 0 atom stereocenters. The van der Waals surface area contributed by atoms with E-state index in [2.05, 4.69) is 16.3 Å². The number of hydrogen-bond acceptors (Lipinski definition) is 3. The number of nitrogens with zero attached hydrogens (tertiary/aromatic N) is 2. The average Bonchev–Trinajstić information content (AvgIpc) is 2.54. The van der Waals surface area contributed by atoms with E-state index < -0.39 is 0 Å². The Hall–Kier alpha value is -2.87. The predicted octanol–water partition coefficient (Wildman–Crippen LogP) is 2.28. The lowest BCUT2D eigenvalue weighted by Gasteiger charge is -2.07. The van der Waals surface area contributed by atoms with Crippen LogP contribution >= 0.6 is 0 Å². The molecule has 0 saturated carbocycles. The molecule has 5 heteroatoms. The standard InChI is InChI=1S/C17H17N3O2/c1-3-5-11-20-16(21)10-9-15(19-20)17(22)18-14-8-6-7-13(4-2)12-14/h2,6-10,12H,3,5,11H2,1H3,(H,18,22). The Kier molecular flexibility index (Phi) is 5.10. The lowest BCUT2D eigenvalue weighted by atomic mass is 10.2. The molecular formula is C17H17N3O2. The highest BCUT2D eigenvalue weighted by Gasteiger charge is 2.10. The third-order valence-corrected chi connectivity index (χ3v) is 3.11. The normalized spacial score (nSPS) is 10.0. The van der Waals surface area contributed by atoms with E-state index >= 15 is 0 Å². The van der Waals surface area contributed by atoms with Crippen LogP contribution < -0.4 is 10.9 Å². The molecule has 2 rings (SSSR count). The van der Waals surface area contributed by atoms with Gasteiger partial charge in [0.1, 0.15) is 5.69 Å². The molecule has 0 aliphatic carbocycles. The molecule has 1 amide bonds. The first-order valence-corrected chi connectivity index (χ1v) is 7.10. The molecule has 0 fully saturated rings. The van der Waals surface area contributed by atoms with Crippen molar-refractivity contribution in [2.75, 3.05) is 5.32 Å². The van der Waals surface area contributed by atoms with Crippen molar-refractivity contribution in [3.8, 4) is 12.3 Å². The van der Waals surface area contributed by atoms with Crippen molar-refractivity contribution >= 4 is 11.6 Å². The molecule has 2 aromatic rings. The third kappa shape index (κ3) is 3.83. The van der Waals surface area contributed by atoms with Crippen molar-refractivity contribution in [3.05, 3.63) is 58.0 Å². The molecule has 0 aliphatic heterocycles. The van der Waals surface area contributed by atoms with Gasteiger partial charge in [-0.2, -0.15) is 5.10 Å². The summed E-state index contributed by atoms with van der Waals surface area (Å²) in [5.41, 5.74) is 1.26. The number of carbonyl (C=O) groups is 1. The average molecular weight is 295 g/mol. The van der Waals surface area contributed by atoms with Gasteiger partial charge < -0.3 is 5.32 Å². The predicted molar refractivity (Wildman–Crippen MR) is 85.7 cm³/mol. The van der Waals surface area contributed by atoms with Crippen molar-refractivity contribution < 1.29 is 4.79 Å². The molecule has 5 nitrogen and oxygen atoms in total. The van der Waals surface area contributed by atoms with Crippen LogP contribution in [0.1, 0.15) is 35.8 Å². The number of benzene rings is 1. The molecule has 0 aliphatic rings. The van der Waals surface area contributed by atoms with E-state index in [1.165, 1.54) is 16.8 Å². The lowest BCUT2D eigenvalue weighted by Crippen LogP contribution is -2.26. The van der Waals surface area contributed by atoms with Crippen LogP contribution in [0.4, 0.5) is 5.69 Å². The molecule has 112 valence electrons. The first-order chi connectivity index (χ1) is 10.6. The van der Waals surface area contributed by atoms with Crippen LogP contribution in [0.3, 0.4) is 0 Å². The maximum Gasteiger partial charge on any atom is 0.276 e. The van der Waals surface area contributed by atoms with Gasteiger partial charge >= 0.3 is 0 Å². The largest absolute Gasteiger partial charge is 0.321 e. The van der Waals surface area contributed by atoms with Crippen LogP contribution in [-0.2, 0) is 6.54 Å². The van der Waals surface area contributed by atoms with E-state index in [1.54, 1.807) is 24.3 Å². The van der Waals surface area contributed by atoms with Gasteiger partial charge in [-0.1, -0.05) is 25.3 Å². The van der Waals surface area contributed by atoms with Gasteiger partial charge in [-0.3, -0.25) is 9.59 Å². The van der Waals surface area contributed by atoms with Crippen LogP contribution in [-0.4, -0.2) is 15.7 Å². The molecular weight excluding hydrogens is 278 g/mol. The van der Waals surface area contributed by atoms with E-state index in [1.807, 2.05) is 6.92 Å². The van der Waals surface area contributed by atoms with E-state index in [9.17, 15) is 9.59 Å². The zero-order valence-corrected chi connectivity index (χ0v) is 12.4. The molecule has 0 spiro atoms. The molecule has 1 aromatic heterocycles. The van der Waals surface area contributed by atoms with Gasteiger partial charge in [-0.05, 0) is 30.7 Å². The topological polar surface area (TPSA) is 64.0 Å². The molecule has 0 bridgehead atoms. The lowest BCUT2D eigenvalue weighted by molar-refractivity contribution is 0.102. The number of amides is 1. The summed E-state index contributed by atoms with van der Waals surface area (Å²) in [5, 5.41) is 6.82. The van der Waals surface area contributed by atoms with Gasteiger partial charge in [0.05, 0.1) is 0 Å². The fraction of sp³-hybridized carbons (Fsp3) is 0.235. The van der Waals surface area contributed by atoms with Crippen LogP contribution in [0.2, 0.25) is 0 Å². The van der Waals surface area contributed by atoms with E-state index in [0.717, 1.165) is 12.8 Å². The zero-order chi connectivity index (χ0) is 15.9. The van der Waals surface area contributed by atoms with Crippen molar-refractivity contribution in [1.82, 2.24) is 9.78 Å². The van der Waals surface area contributed by atoms with Crippen LogP contribution in [0.15, 0.2) is 41.2 Å². The minimum Gasteiger partial charge on any atom is -0.321 e. The summed E-state index contributed by atoms with van der Waals surface area (Å²) in [4.78, 5) is 23.9. The summed E-state index contributed by atoms with van der Waals surface area (Å²) >= 11 is 0. The molecule has 1 heterocycles. The first kappa shape index (κ1) is 15.5. The number of rotatable bonds is 5. The Labute approximate surface area is 129 Å². The van der Waals surface area contributed by atoms with Gasteiger partial charge in [0.25, 0.3) is 11.5 Å². The van der Waals surface area contributed by atoms with E-state index in [4.69, 9.17) is 6.42 Å². The monoisotopic (exact) mass is 295 g/mol. The smallest absolute Gasteiger partial charge is 0.276 e. The van der Waals surface area contributed by atoms with Crippen molar-refractivity contribution in [2.45, 2.75) is 26.3 Å². The number of anilines is 1. The maximum absolute atomic E-state index is 12.2. The van der Waals surface area contributed by atoms with Crippen molar-refractivity contribution in [2.24, 2.45) is 0 Å². The Bertz CT molecular complexity index is 772. The highest BCUT2D eigenvalue weighted by molar-refractivity contribution is 6.02. The van der Waals surface area contributed by atoms with Crippen LogP contribution in [0.25, 0.3) is 0 Å². The fourth-order valence-corrected chi connectivity index (χ4v) is 1.92. The number of unbranched alkanes of at least 4 members (excludes halogenated alkanes) is 1.